The van der Waals surface area contributed by atoms with Gasteiger partial charge in [-0.3, -0.25) is 9.69 Å². The van der Waals surface area contributed by atoms with Crippen molar-refractivity contribution in [1.82, 2.24) is 4.90 Å². The summed E-state index contributed by atoms with van der Waals surface area (Å²) in [7, 11) is 0. The first-order chi connectivity index (χ1) is 9.65. The largest absolute Gasteiger partial charge is 0.329 e. The van der Waals surface area contributed by atoms with E-state index in [9.17, 15) is 9.18 Å². The molecule has 1 amide bonds. The van der Waals surface area contributed by atoms with Crippen LogP contribution in [0.4, 0.5) is 10.1 Å². The molecule has 1 heterocycles. The van der Waals surface area contributed by atoms with Crippen LogP contribution in [0.15, 0.2) is 24.3 Å². The Morgan fingerprint density at radius 1 is 1.45 bits per heavy atom. The molecule has 5 heteroatoms. The molecule has 0 saturated carbocycles. The second-order valence-electron chi connectivity index (χ2n) is 5.12. The van der Waals surface area contributed by atoms with E-state index in [1.165, 1.54) is 12.1 Å². The molecule has 0 aromatic heterocycles. The SMILES string of the molecule is CCN(C(=O)CN1CCCC1CN)c1ccc(F)cc1. The van der Waals surface area contributed by atoms with Crippen LogP contribution < -0.4 is 10.6 Å². The van der Waals surface area contributed by atoms with Crippen LogP contribution in [0.5, 0.6) is 0 Å². The van der Waals surface area contributed by atoms with Crippen molar-refractivity contribution >= 4 is 11.6 Å². The number of likely N-dealkylation sites (tertiary alicyclic amines) is 1. The molecule has 2 N–H and O–H groups in total. The molecule has 1 aliphatic rings. The van der Waals surface area contributed by atoms with Gasteiger partial charge < -0.3 is 10.6 Å². The number of rotatable bonds is 5. The summed E-state index contributed by atoms with van der Waals surface area (Å²) in [5.74, 6) is -0.251. The third kappa shape index (κ3) is 3.35. The summed E-state index contributed by atoms with van der Waals surface area (Å²) in [5, 5.41) is 0. The number of carbonyl (C=O) groups excluding carboxylic acids is 1. The lowest BCUT2D eigenvalue weighted by Crippen LogP contribution is -2.44. The van der Waals surface area contributed by atoms with E-state index in [1.807, 2.05) is 6.92 Å². The number of anilines is 1. The highest BCUT2D eigenvalue weighted by Gasteiger charge is 2.26. The zero-order chi connectivity index (χ0) is 14.5. The van der Waals surface area contributed by atoms with Gasteiger partial charge in [-0.2, -0.15) is 0 Å². The monoisotopic (exact) mass is 279 g/mol. The van der Waals surface area contributed by atoms with Crippen LogP contribution in [-0.2, 0) is 4.79 Å². The average Bonchev–Trinajstić information content (AvgIpc) is 2.89. The number of hydrogen-bond acceptors (Lipinski definition) is 3. The number of amides is 1. The Morgan fingerprint density at radius 2 is 2.15 bits per heavy atom. The van der Waals surface area contributed by atoms with Crippen LogP contribution in [0.2, 0.25) is 0 Å². The number of likely N-dealkylation sites (N-methyl/N-ethyl adjacent to an activating group) is 1. The van der Waals surface area contributed by atoms with Crippen molar-refractivity contribution in [3.63, 3.8) is 0 Å². The van der Waals surface area contributed by atoms with Crippen molar-refractivity contribution in [2.75, 3.05) is 31.1 Å². The summed E-state index contributed by atoms with van der Waals surface area (Å²) in [6, 6.07) is 6.35. The Morgan fingerprint density at radius 3 is 2.75 bits per heavy atom. The number of hydrogen-bond donors (Lipinski definition) is 1. The Labute approximate surface area is 119 Å². The second-order valence-corrected chi connectivity index (χ2v) is 5.12. The van der Waals surface area contributed by atoms with Crippen LogP contribution in [-0.4, -0.2) is 43.0 Å². The van der Waals surface area contributed by atoms with Gasteiger partial charge in [0, 0.05) is 24.8 Å². The number of nitrogens with two attached hydrogens (primary N) is 1. The highest BCUT2D eigenvalue weighted by Crippen LogP contribution is 2.19. The molecule has 110 valence electrons. The predicted octanol–water partition coefficient (Wildman–Crippen LogP) is 1.60. The van der Waals surface area contributed by atoms with E-state index in [4.69, 9.17) is 5.73 Å². The third-order valence-electron chi connectivity index (χ3n) is 3.87. The molecule has 0 radical (unpaired) electrons. The number of carbonyl (C=O) groups is 1. The number of nitrogens with zero attached hydrogens (tertiary/aromatic N) is 2. The van der Waals surface area contributed by atoms with Gasteiger partial charge in [0.1, 0.15) is 5.82 Å². The molecule has 1 aromatic rings. The fraction of sp³-hybridized carbons (Fsp3) is 0.533. The summed E-state index contributed by atoms with van der Waals surface area (Å²) in [5.41, 5.74) is 6.47. The van der Waals surface area contributed by atoms with Gasteiger partial charge in [-0.25, -0.2) is 4.39 Å². The minimum atomic E-state index is -0.292. The van der Waals surface area contributed by atoms with Gasteiger partial charge in [0.15, 0.2) is 0 Å². The molecule has 1 fully saturated rings. The molecule has 1 atom stereocenters. The van der Waals surface area contributed by atoms with Gasteiger partial charge in [-0.15, -0.1) is 0 Å². The first-order valence-electron chi connectivity index (χ1n) is 7.15. The van der Waals surface area contributed by atoms with Crippen LogP contribution >= 0.6 is 0 Å². The van der Waals surface area contributed by atoms with Crippen LogP contribution in [0, 0.1) is 5.82 Å². The van der Waals surface area contributed by atoms with E-state index in [1.54, 1.807) is 17.0 Å². The quantitative estimate of drug-likeness (QED) is 0.890. The molecule has 0 aliphatic carbocycles. The molecule has 1 aliphatic heterocycles. The molecule has 20 heavy (non-hydrogen) atoms. The molecular formula is C15H22FN3O. The van der Waals surface area contributed by atoms with Gasteiger partial charge >= 0.3 is 0 Å². The number of benzene rings is 1. The van der Waals surface area contributed by atoms with E-state index >= 15 is 0 Å². The topological polar surface area (TPSA) is 49.6 Å². The molecular weight excluding hydrogens is 257 g/mol. The molecule has 1 saturated heterocycles. The minimum absolute atomic E-state index is 0.0412. The molecule has 0 bridgehead atoms. The summed E-state index contributed by atoms with van der Waals surface area (Å²) < 4.78 is 13.0. The Bertz CT molecular complexity index is 449. The van der Waals surface area contributed by atoms with Crippen molar-refractivity contribution in [2.45, 2.75) is 25.8 Å². The zero-order valence-corrected chi connectivity index (χ0v) is 11.9. The minimum Gasteiger partial charge on any atom is -0.329 e. The summed E-state index contributed by atoms with van der Waals surface area (Å²) >= 11 is 0. The highest BCUT2D eigenvalue weighted by molar-refractivity contribution is 5.94. The normalized spacial score (nSPS) is 19.2. The van der Waals surface area contributed by atoms with E-state index in [-0.39, 0.29) is 11.7 Å². The average molecular weight is 279 g/mol. The van der Waals surface area contributed by atoms with Gasteiger partial charge in [0.2, 0.25) is 5.91 Å². The fourth-order valence-corrected chi connectivity index (χ4v) is 2.75. The van der Waals surface area contributed by atoms with E-state index in [2.05, 4.69) is 4.90 Å². The Balaban J connectivity index is 2.03. The van der Waals surface area contributed by atoms with E-state index in [0.717, 1.165) is 25.1 Å². The molecule has 1 aromatic carbocycles. The van der Waals surface area contributed by atoms with Crippen LogP contribution in [0.25, 0.3) is 0 Å². The van der Waals surface area contributed by atoms with Crippen molar-refractivity contribution in [2.24, 2.45) is 5.73 Å². The molecule has 1 unspecified atom stereocenters. The lowest BCUT2D eigenvalue weighted by atomic mass is 10.2. The lowest BCUT2D eigenvalue weighted by molar-refractivity contribution is -0.119. The first kappa shape index (κ1) is 14.9. The summed E-state index contributed by atoms with van der Waals surface area (Å²) in [6.07, 6.45) is 2.16. The number of halogens is 1. The van der Waals surface area contributed by atoms with Crippen molar-refractivity contribution in [1.29, 1.82) is 0 Å². The lowest BCUT2D eigenvalue weighted by Gasteiger charge is -2.27. The summed E-state index contributed by atoms with van der Waals surface area (Å²) in [6.45, 7) is 4.40. The maximum atomic E-state index is 13.0. The van der Waals surface area contributed by atoms with Crippen molar-refractivity contribution < 1.29 is 9.18 Å². The molecule has 0 spiro atoms. The maximum Gasteiger partial charge on any atom is 0.241 e. The third-order valence-corrected chi connectivity index (χ3v) is 3.87. The van der Waals surface area contributed by atoms with Crippen LogP contribution in [0.1, 0.15) is 19.8 Å². The maximum absolute atomic E-state index is 13.0. The van der Waals surface area contributed by atoms with Gasteiger partial charge in [0.05, 0.1) is 6.54 Å². The zero-order valence-electron chi connectivity index (χ0n) is 11.9. The molecule has 4 nitrogen and oxygen atoms in total. The molecule has 2 rings (SSSR count). The Kier molecular flexibility index (Phi) is 5.09. The Hall–Kier alpha value is -1.46. The highest BCUT2D eigenvalue weighted by atomic mass is 19.1. The smallest absolute Gasteiger partial charge is 0.241 e. The van der Waals surface area contributed by atoms with Crippen molar-refractivity contribution in [3.8, 4) is 0 Å². The van der Waals surface area contributed by atoms with Gasteiger partial charge in [-0.05, 0) is 50.6 Å². The first-order valence-corrected chi connectivity index (χ1v) is 7.15. The van der Waals surface area contributed by atoms with E-state index < -0.39 is 0 Å². The van der Waals surface area contributed by atoms with Gasteiger partial charge in [0.25, 0.3) is 0 Å². The van der Waals surface area contributed by atoms with E-state index in [0.29, 0.717) is 25.7 Å². The van der Waals surface area contributed by atoms with Crippen molar-refractivity contribution in [3.05, 3.63) is 30.1 Å². The summed E-state index contributed by atoms with van der Waals surface area (Å²) in [4.78, 5) is 16.3. The standard InChI is InChI=1S/C15H22FN3O/c1-2-19(13-7-5-12(16)6-8-13)15(20)11-18-9-3-4-14(18)10-17/h5-8,14H,2-4,9-11,17H2,1H3. The predicted molar refractivity (Wildman–Crippen MR) is 78.1 cm³/mol. The van der Waals surface area contributed by atoms with Crippen LogP contribution in [0.3, 0.4) is 0 Å². The fourth-order valence-electron chi connectivity index (χ4n) is 2.75. The second kappa shape index (κ2) is 6.81. The van der Waals surface area contributed by atoms with Gasteiger partial charge in [-0.1, -0.05) is 0 Å².